The van der Waals surface area contributed by atoms with E-state index in [0.29, 0.717) is 24.2 Å². The highest BCUT2D eigenvalue weighted by Crippen LogP contribution is 2.22. The molecule has 1 aromatic heterocycles. The topological polar surface area (TPSA) is 62.4 Å². The molecule has 5 heteroatoms. The number of hydrogen-bond acceptors (Lipinski definition) is 5. The standard InChI is InChI=1S/C17H23N3O2/c1-12-5-7-14(8-6-12)17-18-16(22-19-17)11-20-9-3-4-15(10-20)13(2)21/h5-8,13,15,21H,3-4,9-11H2,1-2H3. The molecule has 1 aliphatic rings. The minimum absolute atomic E-state index is 0.256. The van der Waals surface area contributed by atoms with Crippen molar-refractivity contribution in [2.24, 2.45) is 5.92 Å². The molecule has 1 aromatic carbocycles. The van der Waals surface area contributed by atoms with Gasteiger partial charge in [0, 0.05) is 12.1 Å². The van der Waals surface area contributed by atoms with Crippen LogP contribution in [0.15, 0.2) is 28.8 Å². The summed E-state index contributed by atoms with van der Waals surface area (Å²) in [6, 6.07) is 8.11. The molecule has 2 atom stereocenters. The number of aliphatic hydroxyl groups is 1. The average molecular weight is 301 g/mol. The molecule has 2 heterocycles. The molecular weight excluding hydrogens is 278 g/mol. The molecule has 0 spiro atoms. The Morgan fingerprint density at radius 1 is 1.36 bits per heavy atom. The van der Waals surface area contributed by atoms with E-state index in [1.807, 2.05) is 31.2 Å². The second-order valence-corrected chi connectivity index (χ2v) is 6.26. The van der Waals surface area contributed by atoms with E-state index >= 15 is 0 Å². The summed E-state index contributed by atoms with van der Waals surface area (Å²) in [5, 5.41) is 13.8. The molecular formula is C17H23N3O2. The first-order valence-electron chi connectivity index (χ1n) is 7.92. The van der Waals surface area contributed by atoms with E-state index in [2.05, 4.69) is 22.0 Å². The van der Waals surface area contributed by atoms with Crippen LogP contribution >= 0.6 is 0 Å². The molecule has 2 aromatic rings. The molecule has 3 rings (SSSR count). The molecule has 0 amide bonds. The van der Waals surface area contributed by atoms with Crippen LogP contribution in [0.2, 0.25) is 0 Å². The molecule has 22 heavy (non-hydrogen) atoms. The van der Waals surface area contributed by atoms with Crippen molar-refractivity contribution in [2.45, 2.75) is 39.3 Å². The van der Waals surface area contributed by atoms with Gasteiger partial charge in [-0.3, -0.25) is 4.90 Å². The summed E-state index contributed by atoms with van der Waals surface area (Å²) in [4.78, 5) is 6.78. The van der Waals surface area contributed by atoms with E-state index < -0.39 is 0 Å². The predicted octanol–water partition coefficient (Wildman–Crippen LogP) is 2.64. The molecule has 5 nitrogen and oxygen atoms in total. The molecule has 1 aliphatic heterocycles. The number of aryl methyl sites for hydroxylation is 1. The molecule has 118 valence electrons. The first kappa shape index (κ1) is 15.2. The quantitative estimate of drug-likeness (QED) is 0.940. The third kappa shape index (κ3) is 3.54. The minimum atomic E-state index is -0.256. The predicted molar refractivity (Wildman–Crippen MR) is 84.2 cm³/mol. The van der Waals surface area contributed by atoms with Crippen LogP contribution in [-0.4, -0.2) is 39.3 Å². The Labute approximate surface area is 131 Å². The Hall–Kier alpha value is -1.72. The second kappa shape index (κ2) is 6.58. The van der Waals surface area contributed by atoms with Gasteiger partial charge in [0.05, 0.1) is 12.6 Å². The highest BCUT2D eigenvalue weighted by Gasteiger charge is 2.24. The highest BCUT2D eigenvalue weighted by molar-refractivity contribution is 5.54. The summed E-state index contributed by atoms with van der Waals surface area (Å²) in [7, 11) is 0. The van der Waals surface area contributed by atoms with Gasteiger partial charge in [-0.2, -0.15) is 4.98 Å². The number of likely N-dealkylation sites (tertiary alicyclic amines) is 1. The van der Waals surface area contributed by atoms with Crippen molar-refractivity contribution in [2.75, 3.05) is 13.1 Å². The minimum Gasteiger partial charge on any atom is -0.393 e. The van der Waals surface area contributed by atoms with E-state index in [0.717, 1.165) is 31.5 Å². The summed E-state index contributed by atoms with van der Waals surface area (Å²) < 4.78 is 5.38. The molecule has 0 saturated carbocycles. The summed E-state index contributed by atoms with van der Waals surface area (Å²) in [6.45, 7) is 6.49. The fourth-order valence-electron chi connectivity index (χ4n) is 2.96. The van der Waals surface area contributed by atoms with Crippen molar-refractivity contribution < 1.29 is 9.63 Å². The zero-order chi connectivity index (χ0) is 15.5. The fraction of sp³-hybridized carbons (Fsp3) is 0.529. The van der Waals surface area contributed by atoms with Gasteiger partial charge < -0.3 is 9.63 Å². The van der Waals surface area contributed by atoms with Crippen molar-refractivity contribution in [1.29, 1.82) is 0 Å². The fourth-order valence-corrected chi connectivity index (χ4v) is 2.96. The zero-order valence-corrected chi connectivity index (χ0v) is 13.2. The molecule has 2 unspecified atom stereocenters. The lowest BCUT2D eigenvalue weighted by atomic mass is 9.93. The first-order chi connectivity index (χ1) is 10.6. The molecule has 0 bridgehead atoms. The van der Waals surface area contributed by atoms with Gasteiger partial charge >= 0.3 is 0 Å². The smallest absolute Gasteiger partial charge is 0.241 e. The van der Waals surface area contributed by atoms with Gasteiger partial charge in [0.1, 0.15) is 0 Å². The van der Waals surface area contributed by atoms with Crippen molar-refractivity contribution in [3.8, 4) is 11.4 Å². The van der Waals surface area contributed by atoms with Crippen LogP contribution in [-0.2, 0) is 6.54 Å². The van der Waals surface area contributed by atoms with Crippen LogP contribution in [0.5, 0.6) is 0 Å². The van der Waals surface area contributed by atoms with E-state index in [1.54, 1.807) is 0 Å². The van der Waals surface area contributed by atoms with Gasteiger partial charge in [-0.15, -0.1) is 0 Å². The van der Waals surface area contributed by atoms with Crippen LogP contribution < -0.4 is 0 Å². The number of benzene rings is 1. The van der Waals surface area contributed by atoms with E-state index in [9.17, 15) is 5.11 Å². The van der Waals surface area contributed by atoms with Gasteiger partial charge in [-0.1, -0.05) is 35.0 Å². The van der Waals surface area contributed by atoms with E-state index in [-0.39, 0.29) is 6.10 Å². The monoisotopic (exact) mass is 301 g/mol. The number of aliphatic hydroxyl groups excluding tert-OH is 1. The summed E-state index contributed by atoms with van der Waals surface area (Å²) in [5.74, 6) is 1.62. The maximum Gasteiger partial charge on any atom is 0.241 e. The SMILES string of the molecule is Cc1ccc(-c2noc(CN3CCCC(C(C)O)C3)n2)cc1. The highest BCUT2D eigenvalue weighted by atomic mass is 16.5. The van der Waals surface area contributed by atoms with Crippen molar-refractivity contribution in [1.82, 2.24) is 15.0 Å². The van der Waals surface area contributed by atoms with Crippen LogP contribution in [0.1, 0.15) is 31.2 Å². The van der Waals surface area contributed by atoms with Crippen molar-refractivity contribution >= 4 is 0 Å². The Kier molecular flexibility index (Phi) is 4.55. The molecule has 1 fully saturated rings. The zero-order valence-electron chi connectivity index (χ0n) is 13.2. The molecule has 1 saturated heterocycles. The first-order valence-corrected chi connectivity index (χ1v) is 7.92. The number of rotatable bonds is 4. The number of hydrogen-bond donors (Lipinski definition) is 1. The largest absolute Gasteiger partial charge is 0.393 e. The van der Waals surface area contributed by atoms with Gasteiger partial charge in [0.25, 0.3) is 0 Å². The number of piperidine rings is 1. The maximum absolute atomic E-state index is 9.76. The Morgan fingerprint density at radius 3 is 2.86 bits per heavy atom. The lowest BCUT2D eigenvalue weighted by Crippen LogP contribution is -2.39. The van der Waals surface area contributed by atoms with Gasteiger partial charge in [-0.05, 0) is 39.2 Å². The van der Waals surface area contributed by atoms with Crippen LogP contribution in [0.4, 0.5) is 0 Å². The third-order valence-electron chi connectivity index (χ3n) is 4.36. The van der Waals surface area contributed by atoms with Gasteiger partial charge in [-0.25, -0.2) is 0 Å². The summed E-state index contributed by atoms with van der Waals surface area (Å²) in [6.07, 6.45) is 1.94. The van der Waals surface area contributed by atoms with Crippen LogP contribution in [0.3, 0.4) is 0 Å². The lowest BCUT2D eigenvalue weighted by molar-refractivity contribution is 0.0556. The summed E-state index contributed by atoms with van der Waals surface area (Å²) in [5.41, 5.74) is 2.19. The van der Waals surface area contributed by atoms with Gasteiger partial charge in [0.2, 0.25) is 11.7 Å². The summed E-state index contributed by atoms with van der Waals surface area (Å²) >= 11 is 0. The van der Waals surface area contributed by atoms with E-state index in [1.165, 1.54) is 5.56 Å². The molecule has 1 N–H and O–H groups in total. The Bertz CT molecular complexity index is 607. The van der Waals surface area contributed by atoms with Crippen molar-refractivity contribution in [3.63, 3.8) is 0 Å². The number of nitrogens with zero attached hydrogens (tertiary/aromatic N) is 3. The lowest BCUT2D eigenvalue weighted by Gasteiger charge is -2.33. The molecule has 0 aliphatic carbocycles. The van der Waals surface area contributed by atoms with Crippen LogP contribution in [0.25, 0.3) is 11.4 Å². The Balaban J connectivity index is 1.65. The number of aromatic nitrogens is 2. The van der Waals surface area contributed by atoms with Gasteiger partial charge in [0.15, 0.2) is 0 Å². The third-order valence-corrected chi connectivity index (χ3v) is 4.36. The second-order valence-electron chi connectivity index (χ2n) is 6.26. The van der Waals surface area contributed by atoms with Crippen LogP contribution in [0, 0.1) is 12.8 Å². The normalized spacial score (nSPS) is 21.0. The molecule has 0 radical (unpaired) electrons. The maximum atomic E-state index is 9.76. The van der Waals surface area contributed by atoms with Crippen molar-refractivity contribution in [3.05, 3.63) is 35.7 Å². The average Bonchev–Trinajstić information content (AvgIpc) is 2.96. The Morgan fingerprint density at radius 2 is 2.14 bits per heavy atom. The van der Waals surface area contributed by atoms with E-state index in [4.69, 9.17) is 4.52 Å².